The second kappa shape index (κ2) is 6.15. The van der Waals surface area contributed by atoms with Gasteiger partial charge in [0.15, 0.2) is 0 Å². The molecule has 1 heterocycles. The molecule has 19 heavy (non-hydrogen) atoms. The van der Waals surface area contributed by atoms with Crippen LogP contribution in [0.2, 0.25) is 0 Å². The third-order valence-electron chi connectivity index (χ3n) is 2.97. The maximum atomic E-state index is 12.1. The van der Waals surface area contributed by atoms with Gasteiger partial charge in [-0.15, -0.1) is 0 Å². The average molecular weight is 258 g/mol. The molecular weight excluding hydrogens is 240 g/mol. The number of hydrogen-bond acceptors (Lipinski definition) is 3. The molecule has 2 rings (SSSR count). The first kappa shape index (κ1) is 13.3. The predicted molar refractivity (Wildman–Crippen MR) is 73.2 cm³/mol. The van der Waals surface area contributed by atoms with E-state index in [9.17, 15) is 4.79 Å². The number of aromatic amines is 1. The summed E-state index contributed by atoms with van der Waals surface area (Å²) in [7, 11) is 1.75. The molecule has 5 heteroatoms. The number of benzene rings is 1. The van der Waals surface area contributed by atoms with Gasteiger partial charge in [0, 0.05) is 25.4 Å². The first-order chi connectivity index (χ1) is 9.16. The normalized spacial score (nSPS) is 12.1. The summed E-state index contributed by atoms with van der Waals surface area (Å²) in [5, 5.41) is 6.58. The molecule has 1 amide bonds. The SMILES string of the molecule is CN(Cc1cn[nH]c1)C(=O)C(N)Cc1ccccc1. The Morgan fingerprint density at radius 3 is 2.74 bits per heavy atom. The van der Waals surface area contributed by atoms with Crippen molar-refractivity contribution < 1.29 is 4.79 Å². The van der Waals surface area contributed by atoms with E-state index in [2.05, 4.69) is 10.2 Å². The third kappa shape index (κ3) is 3.66. The Balaban J connectivity index is 1.91. The zero-order valence-electron chi connectivity index (χ0n) is 10.9. The molecule has 0 bridgehead atoms. The fraction of sp³-hybridized carbons (Fsp3) is 0.286. The molecule has 0 aliphatic carbocycles. The van der Waals surface area contributed by atoms with Crippen LogP contribution in [0.1, 0.15) is 11.1 Å². The average Bonchev–Trinajstić information content (AvgIpc) is 2.91. The molecule has 1 aromatic carbocycles. The number of carbonyl (C=O) groups is 1. The molecule has 3 N–H and O–H groups in total. The van der Waals surface area contributed by atoms with Crippen molar-refractivity contribution in [2.75, 3.05) is 7.05 Å². The molecule has 0 aliphatic rings. The predicted octanol–water partition coefficient (Wildman–Crippen LogP) is 0.938. The lowest BCUT2D eigenvalue weighted by atomic mass is 10.1. The number of hydrogen-bond donors (Lipinski definition) is 2. The minimum absolute atomic E-state index is 0.0648. The lowest BCUT2D eigenvalue weighted by molar-refractivity contribution is -0.131. The monoisotopic (exact) mass is 258 g/mol. The van der Waals surface area contributed by atoms with Gasteiger partial charge >= 0.3 is 0 Å². The van der Waals surface area contributed by atoms with Crippen LogP contribution >= 0.6 is 0 Å². The van der Waals surface area contributed by atoms with Crippen LogP contribution < -0.4 is 5.73 Å². The van der Waals surface area contributed by atoms with Crippen LogP contribution in [-0.4, -0.2) is 34.1 Å². The van der Waals surface area contributed by atoms with Crippen molar-refractivity contribution in [3.8, 4) is 0 Å². The van der Waals surface area contributed by atoms with E-state index < -0.39 is 6.04 Å². The van der Waals surface area contributed by atoms with Crippen LogP contribution in [0.5, 0.6) is 0 Å². The third-order valence-corrected chi connectivity index (χ3v) is 2.97. The molecule has 5 nitrogen and oxygen atoms in total. The molecule has 0 fully saturated rings. The summed E-state index contributed by atoms with van der Waals surface area (Å²) in [6, 6.07) is 9.27. The van der Waals surface area contributed by atoms with Gasteiger partial charge in [0.2, 0.25) is 5.91 Å². The Hall–Kier alpha value is -2.14. The molecule has 0 aliphatic heterocycles. The van der Waals surface area contributed by atoms with E-state index in [1.165, 1.54) is 0 Å². The number of amides is 1. The van der Waals surface area contributed by atoms with E-state index >= 15 is 0 Å². The van der Waals surface area contributed by atoms with Gasteiger partial charge in [-0.05, 0) is 12.0 Å². The molecule has 1 aromatic heterocycles. The molecule has 0 radical (unpaired) electrons. The van der Waals surface area contributed by atoms with Crippen LogP contribution in [0.4, 0.5) is 0 Å². The molecule has 0 saturated carbocycles. The lowest BCUT2D eigenvalue weighted by Crippen LogP contribution is -2.42. The summed E-state index contributed by atoms with van der Waals surface area (Å²) in [5.41, 5.74) is 7.99. The van der Waals surface area contributed by atoms with Crippen molar-refractivity contribution in [1.29, 1.82) is 0 Å². The highest BCUT2D eigenvalue weighted by Crippen LogP contribution is 2.06. The second-order valence-corrected chi connectivity index (χ2v) is 4.60. The van der Waals surface area contributed by atoms with Crippen molar-refractivity contribution in [1.82, 2.24) is 15.1 Å². The molecule has 1 unspecified atom stereocenters. The zero-order valence-corrected chi connectivity index (χ0v) is 10.9. The Labute approximate surface area is 112 Å². The van der Waals surface area contributed by atoms with E-state index in [-0.39, 0.29) is 5.91 Å². The van der Waals surface area contributed by atoms with Crippen molar-refractivity contribution in [2.24, 2.45) is 5.73 Å². The van der Waals surface area contributed by atoms with Crippen LogP contribution in [0.25, 0.3) is 0 Å². The van der Waals surface area contributed by atoms with Crippen molar-refractivity contribution >= 4 is 5.91 Å². The Bertz CT molecular complexity index is 510. The summed E-state index contributed by atoms with van der Waals surface area (Å²) in [6.45, 7) is 0.512. The second-order valence-electron chi connectivity index (χ2n) is 4.60. The van der Waals surface area contributed by atoms with Gasteiger partial charge in [0.25, 0.3) is 0 Å². The quantitative estimate of drug-likeness (QED) is 0.838. The summed E-state index contributed by atoms with van der Waals surface area (Å²) in [5.74, 6) is -0.0648. The highest BCUT2D eigenvalue weighted by molar-refractivity contribution is 5.81. The van der Waals surface area contributed by atoms with Crippen molar-refractivity contribution in [2.45, 2.75) is 19.0 Å². The van der Waals surface area contributed by atoms with Gasteiger partial charge in [-0.2, -0.15) is 5.10 Å². The Morgan fingerprint density at radius 1 is 1.37 bits per heavy atom. The first-order valence-electron chi connectivity index (χ1n) is 6.19. The molecule has 2 aromatic rings. The fourth-order valence-corrected chi connectivity index (χ4v) is 1.95. The van der Waals surface area contributed by atoms with Crippen LogP contribution in [0, 0.1) is 0 Å². The van der Waals surface area contributed by atoms with Gasteiger partial charge in [-0.25, -0.2) is 0 Å². The topological polar surface area (TPSA) is 75.0 Å². The highest BCUT2D eigenvalue weighted by atomic mass is 16.2. The zero-order chi connectivity index (χ0) is 13.7. The van der Waals surface area contributed by atoms with E-state index in [1.54, 1.807) is 24.3 Å². The summed E-state index contributed by atoms with van der Waals surface area (Å²) in [6.07, 6.45) is 4.02. The first-order valence-corrected chi connectivity index (χ1v) is 6.19. The maximum absolute atomic E-state index is 12.1. The fourth-order valence-electron chi connectivity index (χ4n) is 1.95. The van der Waals surface area contributed by atoms with E-state index in [1.807, 2.05) is 30.3 Å². The van der Waals surface area contributed by atoms with Crippen LogP contribution in [-0.2, 0) is 17.8 Å². The number of likely N-dealkylation sites (N-methyl/N-ethyl adjacent to an activating group) is 1. The minimum atomic E-state index is -0.515. The summed E-state index contributed by atoms with van der Waals surface area (Å²) < 4.78 is 0. The van der Waals surface area contributed by atoms with Gasteiger partial charge in [0.1, 0.15) is 0 Å². The van der Waals surface area contributed by atoms with Crippen LogP contribution in [0.15, 0.2) is 42.7 Å². The van der Waals surface area contributed by atoms with E-state index in [0.29, 0.717) is 13.0 Å². The lowest BCUT2D eigenvalue weighted by Gasteiger charge is -2.20. The number of carbonyl (C=O) groups excluding carboxylic acids is 1. The van der Waals surface area contributed by atoms with Crippen molar-refractivity contribution in [3.05, 3.63) is 53.9 Å². The van der Waals surface area contributed by atoms with Gasteiger partial charge in [0.05, 0.1) is 12.2 Å². The standard InChI is InChI=1S/C14H18N4O/c1-18(10-12-8-16-17-9-12)14(19)13(15)7-11-5-3-2-4-6-11/h2-6,8-9,13H,7,10,15H2,1H3,(H,16,17). The molecular formula is C14H18N4O. The largest absolute Gasteiger partial charge is 0.340 e. The highest BCUT2D eigenvalue weighted by Gasteiger charge is 2.18. The Kier molecular flexibility index (Phi) is 4.30. The molecule has 0 spiro atoms. The number of rotatable bonds is 5. The molecule has 1 atom stereocenters. The number of nitrogens with zero attached hydrogens (tertiary/aromatic N) is 2. The smallest absolute Gasteiger partial charge is 0.239 e. The maximum Gasteiger partial charge on any atom is 0.239 e. The van der Waals surface area contributed by atoms with E-state index in [0.717, 1.165) is 11.1 Å². The van der Waals surface area contributed by atoms with Crippen molar-refractivity contribution in [3.63, 3.8) is 0 Å². The number of H-pyrrole nitrogens is 1. The number of nitrogens with two attached hydrogens (primary N) is 1. The van der Waals surface area contributed by atoms with Gasteiger partial charge in [-0.1, -0.05) is 30.3 Å². The van der Waals surface area contributed by atoms with E-state index in [4.69, 9.17) is 5.73 Å². The molecule has 0 saturated heterocycles. The number of nitrogens with one attached hydrogen (secondary N) is 1. The Morgan fingerprint density at radius 2 is 2.11 bits per heavy atom. The summed E-state index contributed by atoms with van der Waals surface area (Å²) >= 11 is 0. The summed E-state index contributed by atoms with van der Waals surface area (Å²) in [4.78, 5) is 13.8. The number of aromatic nitrogens is 2. The van der Waals surface area contributed by atoms with Crippen LogP contribution in [0.3, 0.4) is 0 Å². The molecule has 100 valence electrons. The van der Waals surface area contributed by atoms with Gasteiger partial charge < -0.3 is 10.6 Å². The minimum Gasteiger partial charge on any atom is -0.340 e. The van der Waals surface area contributed by atoms with Gasteiger partial charge in [-0.3, -0.25) is 9.89 Å².